The first-order valence-electron chi connectivity index (χ1n) is 5.56. The van der Waals surface area contributed by atoms with E-state index in [-0.39, 0.29) is 12.0 Å². The van der Waals surface area contributed by atoms with Crippen molar-refractivity contribution >= 4 is 11.9 Å². The van der Waals surface area contributed by atoms with Gasteiger partial charge in [-0.3, -0.25) is 0 Å². The number of nitrogen functional groups attached to an aromatic ring is 1. The lowest BCUT2D eigenvalue weighted by Crippen LogP contribution is -2.25. The topological polar surface area (TPSA) is 68.8 Å². The first-order valence-corrected chi connectivity index (χ1v) is 5.56. The summed E-state index contributed by atoms with van der Waals surface area (Å²) in [5.41, 5.74) is 5.92. The van der Waals surface area contributed by atoms with Gasteiger partial charge < -0.3 is 11.1 Å². The molecule has 1 aromatic heterocycles. The van der Waals surface area contributed by atoms with Crippen molar-refractivity contribution in [3.05, 3.63) is 35.4 Å². The Hall–Kier alpha value is -2.18. The fourth-order valence-electron chi connectivity index (χ4n) is 2.18. The third-order valence-corrected chi connectivity index (χ3v) is 2.97. The van der Waals surface area contributed by atoms with Crippen LogP contribution >= 0.6 is 0 Å². The zero-order valence-electron chi connectivity index (χ0n) is 9.40. The van der Waals surface area contributed by atoms with Gasteiger partial charge in [-0.05, 0) is 12.5 Å². The molecule has 18 heavy (non-hydrogen) atoms. The Labute approximate surface area is 102 Å². The van der Waals surface area contributed by atoms with Gasteiger partial charge in [-0.2, -0.15) is 4.98 Å². The first-order chi connectivity index (χ1) is 8.65. The van der Waals surface area contributed by atoms with E-state index >= 15 is 0 Å². The van der Waals surface area contributed by atoms with Gasteiger partial charge in [0.15, 0.2) is 0 Å². The van der Waals surface area contributed by atoms with Gasteiger partial charge in [-0.15, -0.1) is 5.10 Å². The van der Waals surface area contributed by atoms with Crippen LogP contribution in [-0.2, 0) is 0 Å². The number of anilines is 2. The van der Waals surface area contributed by atoms with E-state index in [0.29, 0.717) is 24.5 Å². The van der Waals surface area contributed by atoms with Crippen molar-refractivity contribution in [1.29, 1.82) is 0 Å². The van der Waals surface area contributed by atoms with Crippen molar-refractivity contribution in [2.45, 2.75) is 12.5 Å². The highest BCUT2D eigenvalue weighted by atomic mass is 19.1. The monoisotopic (exact) mass is 251 g/mol. The second kappa shape index (κ2) is 3.94. The van der Waals surface area contributed by atoms with Gasteiger partial charge in [0.05, 0.1) is 6.04 Å². The number of nitrogens with one attached hydrogen (secondary N) is 1. The Morgan fingerprint density at radius 1 is 1.39 bits per heavy atom. The van der Waals surface area contributed by atoms with Gasteiger partial charge in [-0.25, -0.2) is 13.5 Å². The highest BCUT2D eigenvalue weighted by Crippen LogP contribution is 2.30. The molecule has 1 atom stereocenters. The fourth-order valence-corrected chi connectivity index (χ4v) is 2.18. The fraction of sp³-hybridized carbons (Fsp3) is 0.273. The second-order valence-electron chi connectivity index (χ2n) is 4.14. The Kier molecular flexibility index (Phi) is 2.39. The quantitative estimate of drug-likeness (QED) is 0.806. The van der Waals surface area contributed by atoms with E-state index in [2.05, 4.69) is 15.4 Å². The molecule has 0 saturated carbocycles. The highest BCUT2D eigenvalue weighted by molar-refractivity contribution is 5.37. The van der Waals surface area contributed by atoms with Crippen LogP contribution in [0, 0.1) is 11.6 Å². The van der Waals surface area contributed by atoms with E-state index in [4.69, 9.17) is 5.73 Å². The maximum absolute atomic E-state index is 13.8. The summed E-state index contributed by atoms with van der Waals surface area (Å²) in [5, 5.41) is 7.06. The number of hydrogen-bond donors (Lipinski definition) is 2. The van der Waals surface area contributed by atoms with E-state index in [1.807, 2.05) is 0 Å². The first kappa shape index (κ1) is 10.9. The maximum atomic E-state index is 13.8. The molecule has 2 heterocycles. The molecule has 3 rings (SSSR count). The predicted molar refractivity (Wildman–Crippen MR) is 62.0 cm³/mol. The summed E-state index contributed by atoms with van der Waals surface area (Å²) in [5.74, 6) is -0.537. The van der Waals surface area contributed by atoms with Crippen LogP contribution < -0.4 is 11.1 Å². The van der Waals surface area contributed by atoms with E-state index in [0.717, 1.165) is 6.07 Å². The standard InChI is InChI=1S/C11H11F2N5/c12-6-1-2-7(8(13)5-6)9-3-4-15-11-16-10(14)17-18(9)11/h1-2,5,9H,3-4H2,(H3,14,15,16,17). The normalized spacial score (nSPS) is 18.2. The number of hydrogen-bond acceptors (Lipinski definition) is 4. The number of fused-ring (bicyclic) bond motifs is 1. The van der Waals surface area contributed by atoms with E-state index < -0.39 is 11.6 Å². The summed E-state index contributed by atoms with van der Waals surface area (Å²) in [4.78, 5) is 4.00. The van der Waals surface area contributed by atoms with Crippen LogP contribution in [0.3, 0.4) is 0 Å². The smallest absolute Gasteiger partial charge is 0.241 e. The van der Waals surface area contributed by atoms with E-state index in [1.54, 1.807) is 0 Å². The Balaban J connectivity index is 2.07. The molecule has 0 spiro atoms. The Morgan fingerprint density at radius 3 is 3.00 bits per heavy atom. The Bertz CT molecular complexity index is 595. The largest absolute Gasteiger partial charge is 0.366 e. The molecule has 1 aromatic carbocycles. The molecule has 0 fully saturated rings. The van der Waals surface area contributed by atoms with Crippen molar-refractivity contribution < 1.29 is 8.78 Å². The van der Waals surface area contributed by atoms with Crippen LogP contribution in [-0.4, -0.2) is 21.3 Å². The summed E-state index contributed by atoms with van der Waals surface area (Å²) in [6.07, 6.45) is 0.637. The number of benzene rings is 1. The lowest BCUT2D eigenvalue weighted by Gasteiger charge is -2.24. The third-order valence-electron chi connectivity index (χ3n) is 2.97. The number of nitrogens with two attached hydrogens (primary N) is 1. The van der Waals surface area contributed by atoms with Crippen molar-refractivity contribution in [3.63, 3.8) is 0 Å². The molecular weight excluding hydrogens is 240 g/mol. The van der Waals surface area contributed by atoms with Gasteiger partial charge in [0.2, 0.25) is 11.9 Å². The molecule has 0 radical (unpaired) electrons. The minimum absolute atomic E-state index is 0.131. The molecule has 7 heteroatoms. The van der Waals surface area contributed by atoms with Gasteiger partial charge >= 0.3 is 0 Å². The van der Waals surface area contributed by atoms with Crippen LogP contribution in [0.5, 0.6) is 0 Å². The average Bonchev–Trinajstić information content (AvgIpc) is 2.69. The number of halogens is 2. The van der Waals surface area contributed by atoms with Crippen molar-refractivity contribution in [1.82, 2.24) is 14.8 Å². The summed E-state index contributed by atoms with van der Waals surface area (Å²) in [7, 11) is 0. The van der Waals surface area contributed by atoms with Crippen LogP contribution in [0.2, 0.25) is 0 Å². The summed E-state index contributed by atoms with van der Waals surface area (Å²) >= 11 is 0. The number of nitrogens with zero attached hydrogens (tertiary/aromatic N) is 3. The number of rotatable bonds is 1. The Morgan fingerprint density at radius 2 is 2.22 bits per heavy atom. The van der Waals surface area contributed by atoms with Crippen molar-refractivity contribution in [2.75, 3.05) is 17.6 Å². The molecule has 2 aromatic rings. The maximum Gasteiger partial charge on any atom is 0.241 e. The molecule has 5 nitrogen and oxygen atoms in total. The zero-order valence-corrected chi connectivity index (χ0v) is 9.40. The van der Waals surface area contributed by atoms with E-state index in [9.17, 15) is 8.78 Å². The van der Waals surface area contributed by atoms with Crippen molar-refractivity contribution in [3.8, 4) is 0 Å². The minimum Gasteiger partial charge on any atom is -0.366 e. The summed E-state index contributed by atoms with van der Waals surface area (Å²) in [6, 6.07) is 3.23. The molecule has 1 aliphatic rings. The SMILES string of the molecule is Nc1nc2n(n1)C(c1ccc(F)cc1F)CCN2. The van der Waals surface area contributed by atoms with Gasteiger partial charge in [-0.1, -0.05) is 6.07 Å². The molecule has 0 aliphatic carbocycles. The van der Waals surface area contributed by atoms with Gasteiger partial charge in [0.25, 0.3) is 0 Å². The van der Waals surface area contributed by atoms with Gasteiger partial charge in [0, 0.05) is 18.2 Å². The lowest BCUT2D eigenvalue weighted by molar-refractivity contribution is 0.455. The summed E-state index contributed by atoms with van der Waals surface area (Å²) < 4.78 is 28.2. The molecule has 94 valence electrons. The average molecular weight is 251 g/mol. The predicted octanol–water partition coefficient (Wildman–Crippen LogP) is 1.54. The molecule has 1 unspecified atom stereocenters. The molecule has 0 bridgehead atoms. The second-order valence-corrected chi connectivity index (χ2v) is 4.14. The van der Waals surface area contributed by atoms with E-state index in [1.165, 1.54) is 16.8 Å². The molecule has 1 aliphatic heterocycles. The molecule has 0 amide bonds. The van der Waals surface area contributed by atoms with Crippen LogP contribution in [0.15, 0.2) is 18.2 Å². The summed E-state index contributed by atoms with van der Waals surface area (Å²) in [6.45, 7) is 0.639. The zero-order chi connectivity index (χ0) is 12.7. The third kappa shape index (κ3) is 1.68. The van der Waals surface area contributed by atoms with Crippen LogP contribution in [0.25, 0.3) is 0 Å². The van der Waals surface area contributed by atoms with Crippen molar-refractivity contribution in [2.24, 2.45) is 0 Å². The molecular formula is C11H11F2N5. The van der Waals surface area contributed by atoms with Gasteiger partial charge in [0.1, 0.15) is 11.6 Å². The molecule has 3 N–H and O–H groups in total. The minimum atomic E-state index is -0.594. The number of aromatic nitrogens is 3. The lowest BCUT2D eigenvalue weighted by atomic mass is 10.0. The molecule has 0 saturated heterocycles. The van der Waals surface area contributed by atoms with Crippen LogP contribution in [0.4, 0.5) is 20.7 Å². The highest BCUT2D eigenvalue weighted by Gasteiger charge is 2.26. The van der Waals surface area contributed by atoms with Crippen LogP contribution in [0.1, 0.15) is 18.0 Å².